The lowest BCUT2D eigenvalue weighted by Crippen LogP contribution is -2.08. The van der Waals surface area contributed by atoms with Gasteiger partial charge in [-0.1, -0.05) is 11.6 Å². The van der Waals surface area contributed by atoms with Crippen LogP contribution in [0, 0.1) is 5.82 Å². The van der Waals surface area contributed by atoms with Crippen molar-refractivity contribution in [2.24, 2.45) is 0 Å². The lowest BCUT2D eigenvalue weighted by Gasteiger charge is -2.15. The van der Waals surface area contributed by atoms with E-state index in [0.29, 0.717) is 16.4 Å². The fourth-order valence-electron chi connectivity index (χ4n) is 1.75. The Morgan fingerprint density at radius 1 is 1.29 bits per heavy atom. The van der Waals surface area contributed by atoms with E-state index in [1.165, 1.54) is 6.07 Å². The van der Waals surface area contributed by atoms with Crippen LogP contribution in [0.3, 0.4) is 0 Å². The molecule has 0 amide bonds. The standard InChI is InChI=1S/C15H15BrClFN2O/c1-8(2)21-15-7-14(13(19)6-12(15)18)20-9-3-4-11(17)10(16)5-9/h3-8,20H,19H2,1-2H3. The van der Waals surface area contributed by atoms with Gasteiger partial charge in [0.05, 0.1) is 22.5 Å². The summed E-state index contributed by atoms with van der Waals surface area (Å²) in [7, 11) is 0. The number of nitrogens with two attached hydrogens (primary N) is 1. The normalized spacial score (nSPS) is 10.8. The highest BCUT2D eigenvalue weighted by molar-refractivity contribution is 9.10. The minimum atomic E-state index is -0.482. The Morgan fingerprint density at radius 3 is 2.62 bits per heavy atom. The first-order valence-corrected chi connectivity index (χ1v) is 7.51. The van der Waals surface area contributed by atoms with Crippen LogP contribution in [0.2, 0.25) is 5.02 Å². The number of halogens is 3. The molecule has 3 nitrogen and oxygen atoms in total. The van der Waals surface area contributed by atoms with Crippen LogP contribution in [-0.2, 0) is 0 Å². The van der Waals surface area contributed by atoms with E-state index in [9.17, 15) is 4.39 Å². The molecule has 0 atom stereocenters. The zero-order valence-corrected chi connectivity index (χ0v) is 13.9. The number of hydrogen-bond donors (Lipinski definition) is 2. The van der Waals surface area contributed by atoms with Gasteiger partial charge in [0, 0.05) is 22.3 Å². The molecular weight excluding hydrogens is 359 g/mol. The molecule has 2 rings (SSSR count). The Hall–Kier alpha value is -1.46. The third kappa shape index (κ3) is 4.02. The molecule has 0 saturated carbocycles. The summed E-state index contributed by atoms with van der Waals surface area (Å²) in [5, 5.41) is 3.73. The number of benzene rings is 2. The van der Waals surface area contributed by atoms with Crippen LogP contribution >= 0.6 is 27.5 Å². The molecule has 6 heteroatoms. The monoisotopic (exact) mass is 372 g/mol. The predicted molar refractivity (Wildman–Crippen MR) is 89.0 cm³/mol. The Balaban J connectivity index is 2.32. The highest BCUT2D eigenvalue weighted by atomic mass is 79.9. The molecule has 0 fully saturated rings. The summed E-state index contributed by atoms with van der Waals surface area (Å²) in [6.45, 7) is 3.67. The van der Waals surface area contributed by atoms with E-state index >= 15 is 0 Å². The van der Waals surface area contributed by atoms with Gasteiger partial charge in [-0.25, -0.2) is 4.39 Å². The summed E-state index contributed by atoms with van der Waals surface area (Å²) in [6, 6.07) is 8.16. The molecule has 112 valence electrons. The van der Waals surface area contributed by atoms with Gasteiger partial charge in [-0.05, 0) is 48.0 Å². The van der Waals surface area contributed by atoms with Crippen LogP contribution in [0.15, 0.2) is 34.8 Å². The van der Waals surface area contributed by atoms with Crippen molar-refractivity contribution in [3.05, 3.63) is 45.6 Å². The predicted octanol–water partition coefficient (Wildman–Crippen LogP) is 5.35. The third-order valence-corrected chi connectivity index (χ3v) is 3.88. The topological polar surface area (TPSA) is 47.3 Å². The van der Waals surface area contributed by atoms with Gasteiger partial charge in [0.25, 0.3) is 0 Å². The van der Waals surface area contributed by atoms with Crippen molar-refractivity contribution in [2.75, 3.05) is 11.1 Å². The molecule has 3 N–H and O–H groups in total. The van der Waals surface area contributed by atoms with E-state index in [4.69, 9.17) is 22.1 Å². The fourth-order valence-corrected chi connectivity index (χ4v) is 2.25. The average molecular weight is 374 g/mol. The Kier molecular flexibility index (Phi) is 4.96. The summed E-state index contributed by atoms with van der Waals surface area (Å²) in [5.74, 6) is -0.321. The van der Waals surface area contributed by atoms with Gasteiger partial charge in [-0.3, -0.25) is 0 Å². The first-order valence-electron chi connectivity index (χ1n) is 6.34. The second-order valence-corrected chi connectivity index (χ2v) is 6.05. The maximum atomic E-state index is 13.8. The van der Waals surface area contributed by atoms with Gasteiger partial charge in [-0.2, -0.15) is 0 Å². The SMILES string of the molecule is CC(C)Oc1cc(Nc2ccc(Cl)c(Br)c2)c(N)cc1F. The fraction of sp³-hybridized carbons (Fsp3) is 0.200. The van der Waals surface area contributed by atoms with Gasteiger partial charge in [0.1, 0.15) is 0 Å². The van der Waals surface area contributed by atoms with Crippen molar-refractivity contribution < 1.29 is 9.13 Å². The summed E-state index contributed by atoms with van der Waals surface area (Å²) in [4.78, 5) is 0. The molecule has 0 saturated heterocycles. The molecule has 0 unspecified atom stereocenters. The first-order chi connectivity index (χ1) is 9.86. The maximum absolute atomic E-state index is 13.8. The number of ether oxygens (including phenoxy) is 1. The van der Waals surface area contributed by atoms with Crippen molar-refractivity contribution in [1.82, 2.24) is 0 Å². The maximum Gasteiger partial charge on any atom is 0.167 e. The molecule has 0 bridgehead atoms. The Bertz CT molecular complexity index is 664. The van der Waals surface area contributed by atoms with Crippen LogP contribution in [0.25, 0.3) is 0 Å². The number of rotatable bonds is 4. The van der Waals surface area contributed by atoms with E-state index in [1.54, 1.807) is 18.2 Å². The minimum absolute atomic E-state index is 0.124. The molecule has 0 spiro atoms. The van der Waals surface area contributed by atoms with Crippen LogP contribution in [0.5, 0.6) is 5.75 Å². The smallest absolute Gasteiger partial charge is 0.167 e. The zero-order chi connectivity index (χ0) is 15.6. The average Bonchev–Trinajstić information content (AvgIpc) is 2.39. The molecule has 0 aliphatic heterocycles. The van der Waals surface area contributed by atoms with Gasteiger partial charge in [-0.15, -0.1) is 0 Å². The van der Waals surface area contributed by atoms with Crippen LogP contribution in [0.1, 0.15) is 13.8 Å². The van der Waals surface area contributed by atoms with Crippen molar-refractivity contribution in [1.29, 1.82) is 0 Å². The second-order valence-electron chi connectivity index (χ2n) is 4.79. The summed E-state index contributed by atoms with van der Waals surface area (Å²) in [6.07, 6.45) is -0.124. The largest absolute Gasteiger partial charge is 0.488 e. The highest BCUT2D eigenvalue weighted by Crippen LogP contribution is 2.33. The number of hydrogen-bond acceptors (Lipinski definition) is 3. The van der Waals surface area contributed by atoms with E-state index in [2.05, 4.69) is 21.2 Å². The molecule has 0 aliphatic carbocycles. The highest BCUT2D eigenvalue weighted by Gasteiger charge is 2.11. The molecule has 0 aromatic heterocycles. The zero-order valence-electron chi connectivity index (χ0n) is 11.6. The molecule has 21 heavy (non-hydrogen) atoms. The van der Waals surface area contributed by atoms with Crippen LogP contribution in [0.4, 0.5) is 21.5 Å². The van der Waals surface area contributed by atoms with Gasteiger partial charge < -0.3 is 15.8 Å². The van der Waals surface area contributed by atoms with E-state index in [-0.39, 0.29) is 11.9 Å². The van der Waals surface area contributed by atoms with Crippen LogP contribution < -0.4 is 15.8 Å². The van der Waals surface area contributed by atoms with E-state index in [0.717, 1.165) is 10.2 Å². The second kappa shape index (κ2) is 6.54. The number of nitrogens with one attached hydrogen (secondary N) is 1. The van der Waals surface area contributed by atoms with Crippen LogP contribution in [-0.4, -0.2) is 6.10 Å². The molecule has 0 aliphatic rings. The Labute approximate surface area is 136 Å². The third-order valence-electron chi connectivity index (χ3n) is 2.67. The number of nitrogen functional groups attached to an aromatic ring is 1. The van der Waals surface area contributed by atoms with Gasteiger partial charge >= 0.3 is 0 Å². The van der Waals surface area contributed by atoms with E-state index < -0.39 is 5.82 Å². The van der Waals surface area contributed by atoms with Crippen molar-refractivity contribution >= 4 is 44.6 Å². The van der Waals surface area contributed by atoms with Gasteiger partial charge in [0.15, 0.2) is 11.6 Å². The Morgan fingerprint density at radius 2 is 2.00 bits per heavy atom. The lowest BCUT2D eigenvalue weighted by molar-refractivity contribution is 0.231. The van der Waals surface area contributed by atoms with Gasteiger partial charge in [0.2, 0.25) is 0 Å². The van der Waals surface area contributed by atoms with Crippen molar-refractivity contribution in [2.45, 2.75) is 20.0 Å². The van der Waals surface area contributed by atoms with Crippen molar-refractivity contribution in [3.8, 4) is 5.75 Å². The quantitative estimate of drug-likeness (QED) is 0.710. The summed E-state index contributed by atoms with van der Waals surface area (Å²) >= 11 is 9.30. The molecular formula is C15H15BrClFN2O. The number of anilines is 3. The van der Waals surface area contributed by atoms with E-state index in [1.807, 2.05) is 19.9 Å². The first kappa shape index (κ1) is 15.9. The van der Waals surface area contributed by atoms with Crippen molar-refractivity contribution in [3.63, 3.8) is 0 Å². The molecule has 2 aromatic rings. The minimum Gasteiger partial charge on any atom is -0.488 e. The molecule has 2 aromatic carbocycles. The summed E-state index contributed by atoms with van der Waals surface area (Å²) < 4.78 is 20.0. The molecule has 0 radical (unpaired) electrons. The molecule has 0 heterocycles. The lowest BCUT2D eigenvalue weighted by atomic mass is 10.2. The summed E-state index contributed by atoms with van der Waals surface area (Å²) in [5.41, 5.74) is 7.49.